The first-order valence-corrected chi connectivity index (χ1v) is 5.74. The number of piperazine rings is 1. The minimum Gasteiger partial charge on any atom is -0.308 e. The van der Waals surface area contributed by atoms with Gasteiger partial charge in [0.05, 0.1) is 0 Å². The zero-order valence-electron chi connectivity index (χ0n) is 9.21. The molecule has 1 heterocycles. The highest BCUT2D eigenvalue weighted by Gasteiger charge is 2.14. The average molecular weight is 195 g/mol. The SMILES string of the molecule is CCCCCCN1CCN(C#N)CC1. The predicted octanol–water partition coefficient (Wildman–Crippen LogP) is 1.67. The summed E-state index contributed by atoms with van der Waals surface area (Å²) in [6.45, 7) is 7.44. The summed E-state index contributed by atoms with van der Waals surface area (Å²) in [5.74, 6) is 0. The molecule has 1 saturated heterocycles. The van der Waals surface area contributed by atoms with Gasteiger partial charge in [-0.3, -0.25) is 4.90 Å². The molecular weight excluding hydrogens is 174 g/mol. The highest BCUT2D eigenvalue weighted by Crippen LogP contribution is 2.04. The minimum absolute atomic E-state index is 0.921. The molecule has 0 unspecified atom stereocenters. The molecule has 0 aromatic carbocycles. The molecule has 0 amide bonds. The van der Waals surface area contributed by atoms with E-state index in [2.05, 4.69) is 18.0 Å². The second-order valence-corrected chi connectivity index (χ2v) is 3.99. The first-order valence-electron chi connectivity index (χ1n) is 5.74. The van der Waals surface area contributed by atoms with Crippen LogP contribution < -0.4 is 0 Å². The minimum atomic E-state index is 0.921. The third kappa shape index (κ3) is 3.97. The number of unbranched alkanes of at least 4 members (excludes halogenated alkanes) is 3. The van der Waals surface area contributed by atoms with Crippen molar-refractivity contribution in [1.29, 1.82) is 5.26 Å². The zero-order chi connectivity index (χ0) is 10.2. The van der Waals surface area contributed by atoms with Crippen molar-refractivity contribution in [2.45, 2.75) is 32.6 Å². The fraction of sp³-hybridized carbons (Fsp3) is 0.909. The maximum Gasteiger partial charge on any atom is 0.179 e. The molecule has 0 saturated carbocycles. The van der Waals surface area contributed by atoms with E-state index in [0.717, 1.165) is 26.2 Å². The first-order chi connectivity index (χ1) is 6.86. The monoisotopic (exact) mass is 195 g/mol. The normalized spacial score (nSPS) is 18.1. The van der Waals surface area contributed by atoms with Gasteiger partial charge in [-0.2, -0.15) is 5.26 Å². The second kappa shape index (κ2) is 6.67. The average Bonchev–Trinajstić information content (AvgIpc) is 2.25. The quantitative estimate of drug-likeness (QED) is 0.494. The van der Waals surface area contributed by atoms with E-state index in [9.17, 15) is 0 Å². The number of hydrogen-bond donors (Lipinski definition) is 0. The van der Waals surface area contributed by atoms with Gasteiger partial charge in [0.2, 0.25) is 0 Å². The molecular formula is C11H21N3. The number of nitriles is 1. The Morgan fingerprint density at radius 3 is 2.36 bits per heavy atom. The van der Waals surface area contributed by atoms with Gasteiger partial charge in [-0.05, 0) is 13.0 Å². The lowest BCUT2D eigenvalue weighted by Gasteiger charge is -2.31. The van der Waals surface area contributed by atoms with Crippen LogP contribution in [-0.2, 0) is 0 Å². The largest absolute Gasteiger partial charge is 0.308 e. The van der Waals surface area contributed by atoms with Crippen molar-refractivity contribution in [3.05, 3.63) is 0 Å². The van der Waals surface area contributed by atoms with Gasteiger partial charge in [-0.1, -0.05) is 26.2 Å². The standard InChI is InChI=1S/C11H21N3/c1-2-3-4-5-6-13-7-9-14(11-12)10-8-13/h2-10H2,1H3. The molecule has 0 atom stereocenters. The van der Waals surface area contributed by atoms with E-state index in [4.69, 9.17) is 5.26 Å². The van der Waals surface area contributed by atoms with Crippen LogP contribution in [0, 0.1) is 11.5 Å². The van der Waals surface area contributed by atoms with Gasteiger partial charge >= 0.3 is 0 Å². The van der Waals surface area contributed by atoms with Gasteiger partial charge < -0.3 is 4.90 Å². The zero-order valence-corrected chi connectivity index (χ0v) is 9.21. The van der Waals surface area contributed by atoms with Gasteiger partial charge in [-0.15, -0.1) is 0 Å². The smallest absolute Gasteiger partial charge is 0.179 e. The Labute approximate surface area is 87.3 Å². The van der Waals surface area contributed by atoms with Crippen molar-refractivity contribution >= 4 is 0 Å². The van der Waals surface area contributed by atoms with Crippen LogP contribution in [0.5, 0.6) is 0 Å². The molecule has 1 rings (SSSR count). The van der Waals surface area contributed by atoms with E-state index in [1.807, 2.05) is 4.90 Å². The Balaban J connectivity index is 2.02. The van der Waals surface area contributed by atoms with Crippen LogP contribution in [0.4, 0.5) is 0 Å². The van der Waals surface area contributed by atoms with Crippen LogP contribution in [0.1, 0.15) is 32.6 Å². The highest BCUT2D eigenvalue weighted by atomic mass is 15.2. The Bertz CT molecular complexity index is 177. The van der Waals surface area contributed by atoms with Gasteiger partial charge in [0, 0.05) is 26.2 Å². The maximum absolute atomic E-state index is 8.68. The molecule has 14 heavy (non-hydrogen) atoms. The second-order valence-electron chi connectivity index (χ2n) is 3.99. The van der Waals surface area contributed by atoms with Crippen molar-refractivity contribution in [2.75, 3.05) is 32.7 Å². The van der Waals surface area contributed by atoms with Crippen molar-refractivity contribution in [3.8, 4) is 6.19 Å². The summed E-state index contributed by atoms with van der Waals surface area (Å²) >= 11 is 0. The number of rotatable bonds is 5. The fourth-order valence-corrected chi connectivity index (χ4v) is 1.83. The number of nitrogens with zero attached hydrogens (tertiary/aromatic N) is 3. The Hall–Kier alpha value is -0.750. The fourth-order valence-electron chi connectivity index (χ4n) is 1.83. The van der Waals surface area contributed by atoms with Crippen molar-refractivity contribution in [1.82, 2.24) is 9.80 Å². The maximum atomic E-state index is 8.68. The first kappa shape index (κ1) is 11.3. The summed E-state index contributed by atoms with van der Waals surface area (Å²) in [5.41, 5.74) is 0. The Morgan fingerprint density at radius 2 is 1.79 bits per heavy atom. The van der Waals surface area contributed by atoms with E-state index in [1.54, 1.807) is 0 Å². The van der Waals surface area contributed by atoms with Gasteiger partial charge in [0.15, 0.2) is 6.19 Å². The summed E-state index contributed by atoms with van der Waals surface area (Å²) in [5, 5.41) is 8.68. The number of hydrogen-bond acceptors (Lipinski definition) is 3. The van der Waals surface area contributed by atoms with Crippen LogP contribution in [-0.4, -0.2) is 42.5 Å². The molecule has 1 aliphatic heterocycles. The van der Waals surface area contributed by atoms with Gasteiger partial charge in [0.1, 0.15) is 0 Å². The van der Waals surface area contributed by atoms with Crippen molar-refractivity contribution in [2.24, 2.45) is 0 Å². The Kier molecular flexibility index (Phi) is 5.39. The molecule has 80 valence electrons. The molecule has 1 fully saturated rings. The molecule has 1 aliphatic rings. The van der Waals surface area contributed by atoms with E-state index in [-0.39, 0.29) is 0 Å². The molecule has 3 nitrogen and oxygen atoms in total. The molecule has 0 radical (unpaired) electrons. The highest BCUT2D eigenvalue weighted by molar-refractivity contribution is 4.80. The third-order valence-corrected chi connectivity index (χ3v) is 2.84. The molecule has 0 spiro atoms. The molecule has 0 aliphatic carbocycles. The molecule has 0 aromatic rings. The Morgan fingerprint density at radius 1 is 1.07 bits per heavy atom. The molecule has 0 N–H and O–H groups in total. The van der Waals surface area contributed by atoms with Crippen LogP contribution in [0.15, 0.2) is 0 Å². The lowest BCUT2D eigenvalue weighted by molar-refractivity contribution is 0.171. The third-order valence-electron chi connectivity index (χ3n) is 2.84. The topological polar surface area (TPSA) is 30.3 Å². The molecule has 3 heteroatoms. The lowest BCUT2D eigenvalue weighted by atomic mass is 10.2. The summed E-state index contributed by atoms with van der Waals surface area (Å²) in [6.07, 6.45) is 7.55. The summed E-state index contributed by atoms with van der Waals surface area (Å²) < 4.78 is 0. The van der Waals surface area contributed by atoms with Crippen LogP contribution in [0.3, 0.4) is 0 Å². The van der Waals surface area contributed by atoms with Crippen LogP contribution in [0.25, 0.3) is 0 Å². The predicted molar refractivity (Wildman–Crippen MR) is 57.8 cm³/mol. The molecule has 0 bridgehead atoms. The van der Waals surface area contributed by atoms with E-state index in [0.29, 0.717) is 0 Å². The van der Waals surface area contributed by atoms with E-state index < -0.39 is 0 Å². The van der Waals surface area contributed by atoms with Crippen molar-refractivity contribution in [3.63, 3.8) is 0 Å². The summed E-state index contributed by atoms with van der Waals surface area (Å²) in [6, 6.07) is 0. The lowest BCUT2D eigenvalue weighted by Crippen LogP contribution is -2.44. The van der Waals surface area contributed by atoms with Crippen LogP contribution in [0.2, 0.25) is 0 Å². The van der Waals surface area contributed by atoms with E-state index in [1.165, 1.54) is 32.2 Å². The van der Waals surface area contributed by atoms with E-state index >= 15 is 0 Å². The summed E-state index contributed by atoms with van der Waals surface area (Å²) in [4.78, 5) is 4.33. The molecule has 0 aromatic heterocycles. The summed E-state index contributed by atoms with van der Waals surface area (Å²) in [7, 11) is 0. The van der Waals surface area contributed by atoms with Crippen molar-refractivity contribution < 1.29 is 0 Å². The van der Waals surface area contributed by atoms with Gasteiger partial charge in [-0.25, -0.2) is 0 Å². The van der Waals surface area contributed by atoms with Crippen LogP contribution >= 0.6 is 0 Å². The van der Waals surface area contributed by atoms with Gasteiger partial charge in [0.25, 0.3) is 0 Å².